The molecule has 2 aromatic carbocycles. The number of hydrogen-bond acceptors (Lipinski definition) is 6. The van der Waals surface area contributed by atoms with E-state index in [2.05, 4.69) is 27.2 Å². The highest BCUT2D eigenvalue weighted by molar-refractivity contribution is 6.01. The van der Waals surface area contributed by atoms with E-state index in [0.717, 1.165) is 12.8 Å². The van der Waals surface area contributed by atoms with Gasteiger partial charge in [0.1, 0.15) is 11.4 Å². The minimum atomic E-state index is -0.611. The number of carbonyl (C=O) groups excluding carboxylic acids is 1. The normalized spacial score (nSPS) is 14.6. The lowest BCUT2D eigenvalue weighted by molar-refractivity contribution is 0.0807. The predicted molar refractivity (Wildman–Crippen MR) is 151 cm³/mol. The van der Waals surface area contributed by atoms with E-state index in [4.69, 9.17) is 9.72 Å². The number of ether oxygens (including phenoxy) is 1. The molecular weight excluding hydrogens is 504 g/mol. The first-order valence-corrected chi connectivity index (χ1v) is 13.3. The number of aromatic nitrogens is 5. The predicted octanol–water partition coefficient (Wildman–Crippen LogP) is 4.01. The standard InChI is InChI=1S/C31H28N6O3/c1-20-26(29-32-16-7-17-36(29)35-20)30(38)33-21(2)28-34-25-11-6-8-23(13-12-22-14-18-40-19-15-22)27(25)31(39)37(28)24-9-4-3-5-10-24/h3-11,16-17,21-22H,14-15,18-19H2,1-2H3,(H,33,38)/t21-/m1/s1. The van der Waals surface area contributed by atoms with E-state index < -0.39 is 6.04 Å². The fourth-order valence-corrected chi connectivity index (χ4v) is 5.09. The van der Waals surface area contributed by atoms with Gasteiger partial charge in [-0.1, -0.05) is 36.1 Å². The Bertz CT molecular complexity index is 1840. The van der Waals surface area contributed by atoms with Gasteiger partial charge < -0.3 is 10.1 Å². The van der Waals surface area contributed by atoms with E-state index in [-0.39, 0.29) is 17.4 Å². The molecule has 0 bridgehead atoms. The molecule has 9 heteroatoms. The summed E-state index contributed by atoms with van der Waals surface area (Å²) in [7, 11) is 0. The van der Waals surface area contributed by atoms with Crippen molar-refractivity contribution < 1.29 is 9.53 Å². The third kappa shape index (κ3) is 4.74. The molecule has 0 spiro atoms. The number of nitrogens with one attached hydrogen (secondary N) is 1. The molecule has 1 atom stereocenters. The van der Waals surface area contributed by atoms with Crippen molar-refractivity contribution in [1.29, 1.82) is 0 Å². The smallest absolute Gasteiger partial charge is 0.267 e. The second kappa shape index (κ2) is 10.8. The third-order valence-corrected chi connectivity index (χ3v) is 7.10. The third-order valence-electron chi connectivity index (χ3n) is 7.10. The largest absolute Gasteiger partial charge is 0.381 e. The minimum Gasteiger partial charge on any atom is -0.381 e. The van der Waals surface area contributed by atoms with E-state index >= 15 is 0 Å². The van der Waals surface area contributed by atoms with Gasteiger partial charge in [-0.3, -0.25) is 14.2 Å². The summed E-state index contributed by atoms with van der Waals surface area (Å²) in [5.74, 6) is 6.90. The highest BCUT2D eigenvalue weighted by Crippen LogP contribution is 2.22. The van der Waals surface area contributed by atoms with Crippen LogP contribution in [0, 0.1) is 24.7 Å². The van der Waals surface area contributed by atoms with Gasteiger partial charge in [-0.25, -0.2) is 14.5 Å². The monoisotopic (exact) mass is 532 g/mol. The molecule has 3 aromatic heterocycles. The van der Waals surface area contributed by atoms with Gasteiger partial charge in [-0.05, 0) is 57.0 Å². The zero-order valence-corrected chi connectivity index (χ0v) is 22.3. The van der Waals surface area contributed by atoms with Gasteiger partial charge in [0.25, 0.3) is 11.5 Å². The van der Waals surface area contributed by atoms with Gasteiger partial charge in [0.2, 0.25) is 0 Å². The molecule has 9 nitrogen and oxygen atoms in total. The first kappa shape index (κ1) is 25.5. The highest BCUT2D eigenvalue weighted by Gasteiger charge is 2.24. The molecule has 1 aliphatic heterocycles. The Morgan fingerprint density at radius 3 is 2.70 bits per heavy atom. The van der Waals surface area contributed by atoms with Crippen LogP contribution in [0.15, 0.2) is 71.8 Å². The molecular formula is C31H28N6O3. The molecule has 200 valence electrons. The second-order valence-electron chi connectivity index (χ2n) is 9.85. The van der Waals surface area contributed by atoms with E-state index in [9.17, 15) is 9.59 Å². The first-order chi connectivity index (χ1) is 19.5. The van der Waals surface area contributed by atoms with Crippen molar-refractivity contribution >= 4 is 22.5 Å². The summed E-state index contributed by atoms with van der Waals surface area (Å²) in [5, 5.41) is 7.87. The number of nitrogens with zero attached hydrogens (tertiary/aromatic N) is 5. The number of hydrogen-bond donors (Lipinski definition) is 1. The average Bonchev–Trinajstić information content (AvgIpc) is 3.32. The maximum absolute atomic E-state index is 14.2. The topological polar surface area (TPSA) is 103 Å². The molecule has 6 rings (SSSR count). The Morgan fingerprint density at radius 1 is 1.10 bits per heavy atom. The number of aryl methyl sites for hydroxylation is 1. The summed E-state index contributed by atoms with van der Waals surface area (Å²) in [4.78, 5) is 36.9. The number of para-hydroxylation sites is 1. The summed E-state index contributed by atoms with van der Waals surface area (Å²) in [6, 6.07) is 16.0. The lowest BCUT2D eigenvalue weighted by Gasteiger charge is -2.20. The Hall–Kier alpha value is -4.81. The molecule has 1 amide bonds. The van der Waals surface area contributed by atoms with Gasteiger partial charge in [0.15, 0.2) is 5.65 Å². The Balaban J connectivity index is 1.45. The summed E-state index contributed by atoms with van der Waals surface area (Å²) < 4.78 is 8.59. The van der Waals surface area contributed by atoms with Crippen LogP contribution in [-0.4, -0.2) is 43.3 Å². The van der Waals surface area contributed by atoms with Crippen molar-refractivity contribution in [3.8, 4) is 17.5 Å². The minimum absolute atomic E-state index is 0.237. The van der Waals surface area contributed by atoms with Gasteiger partial charge in [-0.2, -0.15) is 5.10 Å². The van der Waals surface area contributed by atoms with Gasteiger partial charge in [-0.15, -0.1) is 0 Å². The maximum atomic E-state index is 14.2. The summed E-state index contributed by atoms with van der Waals surface area (Å²) in [6.45, 7) is 4.99. The van der Waals surface area contributed by atoms with E-state index in [1.807, 2.05) is 55.5 Å². The number of benzene rings is 2. The van der Waals surface area contributed by atoms with Crippen LogP contribution >= 0.6 is 0 Å². The molecule has 1 fully saturated rings. The number of rotatable bonds is 4. The van der Waals surface area contributed by atoms with Crippen molar-refractivity contribution in [3.05, 3.63) is 100.0 Å². The average molecular weight is 533 g/mol. The van der Waals surface area contributed by atoms with E-state index in [1.165, 1.54) is 0 Å². The molecule has 1 aliphatic rings. The quantitative estimate of drug-likeness (QED) is 0.351. The molecule has 40 heavy (non-hydrogen) atoms. The lowest BCUT2D eigenvalue weighted by Crippen LogP contribution is -2.33. The van der Waals surface area contributed by atoms with Crippen molar-refractivity contribution in [2.75, 3.05) is 13.2 Å². The first-order valence-electron chi connectivity index (χ1n) is 13.3. The Labute approximate surface area is 230 Å². The summed E-state index contributed by atoms with van der Waals surface area (Å²) >= 11 is 0. The molecule has 1 saturated heterocycles. The fraction of sp³-hybridized carbons (Fsp3) is 0.258. The molecule has 1 N–H and O–H groups in total. The van der Waals surface area contributed by atoms with Crippen LogP contribution < -0.4 is 10.9 Å². The van der Waals surface area contributed by atoms with Crippen molar-refractivity contribution in [2.24, 2.45) is 5.92 Å². The SMILES string of the molecule is Cc1nn2cccnc2c1C(=O)N[C@H](C)c1nc2cccc(C#CC3CCOCC3)c2c(=O)n1-c1ccccc1. The van der Waals surface area contributed by atoms with Gasteiger partial charge in [0.05, 0.1) is 28.3 Å². The highest BCUT2D eigenvalue weighted by atomic mass is 16.5. The van der Waals surface area contributed by atoms with Crippen LogP contribution in [0.4, 0.5) is 0 Å². The summed E-state index contributed by atoms with van der Waals surface area (Å²) in [6.07, 6.45) is 5.13. The number of fused-ring (bicyclic) bond motifs is 2. The maximum Gasteiger partial charge on any atom is 0.267 e. The van der Waals surface area contributed by atoms with Crippen molar-refractivity contribution in [2.45, 2.75) is 32.7 Å². The summed E-state index contributed by atoms with van der Waals surface area (Å²) in [5.41, 5.74) is 2.99. The van der Waals surface area contributed by atoms with Crippen LogP contribution in [0.25, 0.3) is 22.2 Å². The van der Waals surface area contributed by atoms with Crippen molar-refractivity contribution in [1.82, 2.24) is 29.5 Å². The molecule has 0 aliphatic carbocycles. The molecule has 0 unspecified atom stereocenters. The van der Waals surface area contributed by atoms with Crippen LogP contribution in [-0.2, 0) is 4.74 Å². The lowest BCUT2D eigenvalue weighted by atomic mass is 10.00. The van der Waals surface area contributed by atoms with Crippen LogP contribution in [0.5, 0.6) is 0 Å². The zero-order valence-electron chi connectivity index (χ0n) is 22.3. The number of carbonyl (C=O) groups is 1. The molecule has 0 radical (unpaired) electrons. The molecule has 4 heterocycles. The van der Waals surface area contributed by atoms with Gasteiger partial charge in [0, 0.05) is 37.1 Å². The molecule has 0 saturated carbocycles. The Kier molecular flexibility index (Phi) is 6.84. The fourth-order valence-electron chi connectivity index (χ4n) is 5.09. The van der Waals surface area contributed by atoms with Crippen LogP contribution in [0.3, 0.4) is 0 Å². The molecule has 5 aromatic rings. The second-order valence-corrected chi connectivity index (χ2v) is 9.85. The van der Waals surface area contributed by atoms with Crippen LogP contribution in [0.2, 0.25) is 0 Å². The van der Waals surface area contributed by atoms with Crippen molar-refractivity contribution in [3.63, 3.8) is 0 Å². The van der Waals surface area contributed by atoms with E-state index in [0.29, 0.717) is 58.1 Å². The van der Waals surface area contributed by atoms with E-state index in [1.54, 1.807) is 34.5 Å². The van der Waals surface area contributed by atoms with Crippen LogP contribution in [0.1, 0.15) is 53.2 Å². The number of amides is 1. The van der Waals surface area contributed by atoms with Gasteiger partial charge >= 0.3 is 0 Å². The Morgan fingerprint density at radius 2 is 1.90 bits per heavy atom. The zero-order chi connectivity index (χ0) is 27.6.